The van der Waals surface area contributed by atoms with Crippen LogP contribution in [0.3, 0.4) is 0 Å². The number of carbonyl (C=O) groups is 2. The Morgan fingerprint density at radius 1 is 0.933 bits per heavy atom. The summed E-state index contributed by atoms with van der Waals surface area (Å²) >= 11 is 0. The summed E-state index contributed by atoms with van der Waals surface area (Å²) in [6.45, 7) is 1.88. The van der Waals surface area contributed by atoms with Crippen molar-refractivity contribution in [1.82, 2.24) is 4.90 Å². The fourth-order valence-electron chi connectivity index (χ4n) is 3.73. The molecular formula is C24H28N2O4. The minimum atomic E-state index is -0.653. The molecule has 1 atom stereocenters. The van der Waals surface area contributed by atoms with Crippen LogP contribution >= 0.6 is 0 Å². The predicted molar refractivity (Wildman–Crippen MR) is 116 cm³/mol. The topological polar surface area (TPSA) is 68.2 Å². The van der Waals surface area contributed by atoms with E-state index in [1.165, 1.54) is 14.2 Å². The van der Waals surface area contributed by atoms with Crippen LogP contribution in [0.1, 0.15) is 24.0 Å². The highest BCUT2D eigenvalue weighted by atomic mass is 16.5. The molecule has 6 heteroatoms. The minimum absolute atomic E-state index is 0.0736. The van der Waals surface area contributed by atoms with E-state index in [4.69, 9.17) is 14.5 Å². The van der Waals surface area contributed by atoms with Crippen molar-refractivity contribution in [2.75, 3.05) is 33.9 Å². The average Bonchev–Trinajstić information content (AvgIpc) is 2.82. The molecule has 0 radical (unpaired) electrons. The van der Waals surface area contributed by atoms with Crippen LogP contribution < -0.4 is 0 Å². The van der Waals surface area contributed by atoms with Crippen LogP contribution in [-0.4, -0.2) is 62.4 Å². The van der Waals surface area contributed by atoms with Gasteiger partial charge in [-0.25, -0.2) is 4.79 Å². The maximum Gasteiger partial charge on any atom is 0.331 e. The van der Waals surface area contributed by atoms with Gasteiger partial charge in [0, 0.05) is 17.7 Å². The lowest BCUT2D eigenvalue weighted by Gasteiger charge is -2.31. The van der Waals surface area contributed by atoms with Crippen molar-refractivity contribution in [1.29, 1.82) is 0 Å². The molecule has 0 amide bonds. The summed E-state index contributed by atoms with van der Waals surface area (Å²) in [6, 6.07) is 19.0. The molecule has 1 aliphatic rings. The second-order valence-corrected chi connectivity index (χ2v) is 7.35. The Balaban J connectivity index is 1.84. The standard InChI is InChI=1S/C24H28N2O4/c1-29-23(27)20-13-15-26(16-14-20)17-21(24(28)30-2)25-22(18-9-5-3-6-10-18)19-11-7-4-8-12-19/h3-12,20-21H,13-17H2,1-2H3. The molecule has 0 aromatic heterocycles. The first-order chi connectivity index (χ1) is 14.6. The van der Waals surface area contributed by atoms with Gasteiger partial charge in [0.15, 0.2) is 6.04 Å². The molecule has 1 saturated heterocycles. The van der Waals surface area contributed by atoms with Crippen molar-refractivity contribution in [3.8, 4) is 0 Å². The number of hydrogen-bond donors (Lipinski definition) is 0. The van der Waals surface area contributed by atoms with Crippen LogP contribution in [0, 0.1) is 5.92 Å². The van der Waals surface area contributed by atoms with Gasteiger partial charge >= 0.3 is 11.9 Å². The van der Waals surface area contributed by atoms with E-state index in [0.29, 0.717) is 19.4 Å². The Hall–Kier alpha value is -2.99. The molecule has 0 spiro atoms. The number of carbonyl (C=O) groups excluding carboxylic acids is 2. The van der Waals surface area contributed by atoms with Gasteiger partial charge < -0.3 is 14.4 Å². The van der Waals surface area contributed by atoms with Gasteiger partial charge in [0.2, 0.25) is 0 Å². The first kappa shape index (κ1) is 21.7. The Morgan fingerprint density at radius 3 is 1.93 bits per heavy atom. The summed E-state index contributed by atoms with van der Waals surface area (Å²) in [7, 11) is 2.81. The van der Waals surface area contributed by atoms with E-state index in [-0.39, 0.29) is 17.9 Å². The van der Waals surface area contributed by atoms with Gasteiger partial charge in [-0.3, -0.25) is 9.79 Å². The first-order valence-corrected chi connectivity index (χ1v) is 10.2. The molecule has 3 rings (SSSR count). The summed E-state index contributed by atoms with van der Waals surface area (Å²) < 4.78 is 9.92. The van der Waals surface area contributed by atoms with Crippen molar-refractivity contribution in [3.05, 3.63) is 71.8 Å². The van der Waals surface area contributed by atoms with Crippen LogP contribution in [0.25, 0.3) is 0 Å². The minimum Gasteiger partial charge on any atom is -0.469 e. The number of aliphatic imine (C=N–C) groups is 1. The summed E-state index contributed by atoms with van der Waals surface area (Å²) in [6.07, 6.45) is 1.43. The summed E-state index contributed by atoms with van der Waals surface area (Å²) in [5.41, 5.74) is 2.65. The number of likely N-dealkylation sites (tertiary alicyclic amines) is 1. The van der Waals surface area contributed by atoms with Crippen molar-refractivity contribution >= 4 is 17.7 Å². The largest absolute Gasteiger partial charge is 0.469 e. The van der Waals surface area contributed by atoms with E-state index in [2.05, 4.69) is 4.90 Å². The molecule has 6 nitrogen and oxygen atoms in total. The number of rotatable bonds is 7. The molecule has 158 valence electrons. The number of methoxy groups -OCH3 is 2. The molecule has 1 fully saturated rings. The molecule has 0 bridgehead atoms. The predicted octanol–water partition coefficient (Wildman–Crippen LogP) is 2.95. The Bertz CT molecular complexity index is 818. The normalized spacial score (nSPS) is 15.8. The zero-order valence-corrected chi connectivity index (χ0v) is 17.5. The fraction of sp³-hybridized carbons (Fsp3) is 0.375. The van der Waals surface area contributed by atoms with Crippen LogP contribution in [0.5, 0.6) is 0 Å². The molecule has 2 aromatic rings. The second-order valence-electron chi connectivity index (χ2n) is 7.35. The zero-order valence-electron chi connectivity index (χ0n) is 17.5. The molecule has 2 aromatic carbocycles. The third-order valence-electron chi connectivity index (χ3n) is 5.41. The average molecular weight is 408 g/mol. The Labute approximate surface area is 177 Å². The third kappa shape index (κ3) is 5.54. The number of esters is 2. The number of ether oxygens (including phenoxy) is 2. The smallest absolute Gasteiger partial charge is 0.331 e. The summed E-state index contributed by atoms with van der Waals surface area (Å²) in [4.78, 5) is 31.4. The van der Waals surface area contributed by atoms with Crippen LogP contribution in [0.15, 0.2) is 65.7 Å². The van der Waals surface area contributed by atoms with E-state index in [9.17, 15) is 9.59 Å². The highest BCUT2D eigenvalue weighted by Crippen LogP contribution is 2.20. The van der Waals surface area contributed by atoms with Gasteiger partial charge in [-0.2, -0.15) is 0 Å². The molecular weight excluding hydrogens is 380 g/mol. The first-order valence-electron chi connectivity index (χ1n) is 10.2. The van der Waals surface area contributed by atoms with Crippen molar-refractivity contribution in [2.24, 2.45) is 10.9 Å². The molecule has 0 aliphatic carbocycles. The van der Waals surface area contributed by atoms with Crippen LogP contribution in [-0.2, 0) is 19.1 Å². The van der Waals surface area contributed by atoms with Gasteiger partial charge in [0.25, 0.3) is 0 Å². The highest BCUT2D eigenvalue weighted by molar-refractivity contribution is 6.13. The highest BCUT2D eigenvalue weighted by Gasteiger charge is 2.29. The van der Waals surface area contributed by atoms with Crippen molar-refractivity contribution < 1.29 is 19.1 Å². The SMILES string of the molecule is COC(=O)C1CCN(CC(N=C(c2ccccc2)c2ccccc2)C(=O)OC)CC1. The third-order valence-corrected chi connectivity index (χ3v) is 5.41. The summed E-state index contributed by atoms with van der Waals surface area (Å²) in [5.74, 6) is -0.599. The molecule has 0 N–H and O–H groups in total. The van der Waals surface area contributed by atoms with E-state index < -0.39 is 6.04 Å². The van der Waals surface area contributed by atoms with Crippen molar-refractivity contribution in [3.63, 3.8) is 0 Å². The lowest BCUT2D eigenvalue weighted by molar-refractivity contribution is -0.148. The second kappa shape index (κ2) is 10.7. The van der Waals surface area contributed by atoms with Gasteiger partial charge in [-0.05, 0) is 25.9 Å². The molecule has 0 saturated carbocycles. The quantitative estimate of drug-likeness (QED) is 0.521. The number of hydrogen-bond acceptors (Lipinski definition) is 6. The maximum absolute atomic E-state index is 12.6. The lowest BCUT2D eigenvalue weighted by Crippen LogP contribution is -2.43. The number of nitrogens with zero attached hydrogens (tertiary/aromatic N) is 2. The van der Waals surface area contributed by atoms with E-state index >= 15 is 0 Å². The van der Waals surface area contributed by atoms with Crippen LogP contribution in [0.2, 0.25) is 0 Å². The number of benzene rings is 2. The van der Waals surface area contributed by atoms with Gasteiger partial charge in [-0.1, -0.05) is 60.7 Å². The zero-order chi connectivity index (χ0) is 21.3. The Morgan fingerprint density at radius 2 is 1.47 bits per heavy atom. The summed E-state index contributed by atoms with van der Waals surface area (Å²) in [5, 5.41) is 0. The van der Waals surface area contributed by atoms with Crippen LogP contribution in [0.4, 0.5) is 0 Å². The monoisotopic (exact) mass is 408 g/mol. The molecule has 1 unspecified atom stereocenters. The molecule has 30 heavy (non-hydrogen) atoms. The van der Waals surface area contributed by atoms with E-state index in [1.54, 1.807) is 0 Å². The van der Waals surface area contributed by atoms with Gasteiger partial charge in [0.1, 0.15) is 0 Å². The molecule has 1 aliphatic heterocycles. The van der Waals surface area contributed by atoms with Crippen molar-refractivity contribution in [2.45, 2.75) is 18.9 Å². The fourth-order valence-corrected chi connectivity index (χ4v) is 3.73. The van der Waals surface area contributed by atoms with E-state index in [0.717, 1.165) is 29.9 Å². The number of piperidine rings is 1. The maximum atomic E-state index is 12.6. The van der Waals surface area contributed by atoms with Gasteiger partial charge in [0.05, 0.1) is 25.8 Å². The van der Waals surface area contributed by atoms with E-state index in [1.807, 2.05) is 60.7 Å². The lowest BCUT2D eigenvalue weighted by atomic mass is 9.96. The Kier molecular flexibility index (Phi) is 7.74. The van der Waals surface area contributed by atoms with Gasteiger partial charge in [-0.15, -0.1) is 0 Å². The molecule has 1 heterocycles.